The number of para-hydroxylation sites is 3. The summed E-state index contributed by atoms with van der Waals surface area (Å²) in [6.45, 7) is 4.33. The molecule has 6 aromatic rings. The Balaban J connectivity index is 1.78. The first kappa shape index (κ1) is 16.3. The molecule has 29 heavy (non-hydrogen) atoms. The molecule has 0 aliphatic heterocycles. The molecule has 140 valence electrons. The van der Waals surface area contributed by atoms with Crippen LogP contribution in [0, 0.1) is 0 Å². The number of fused-ring (bicyclic) bond motifs is 6. The van der Waals surface area contributed by atoms with Gasteiger partial charge in [-0.25, -0.2) is 4.98 Å². The molecule has 0 aliphatic rings. The molecular formula is C25H19N3O. The molecule has 4 nitrogen and oxygen atoms in total. The Kier molecular flexibility index (Phi) is 3.33. The Morgan fingerprint density at radius 3 is 1.97 bits per heavy atom. The van der Waals surface area contributed by atoms with E-state index in [0.717, 1.165) is 33.1 Å². The van der Waals surface area contributed by atoms with Gasteiger partial charge in [0.1, 0.15) is 5.58 Å². The van der Waals surface area contributed by atoms with Gasteiger partial charge < -0.3 is 4.42 Å². The number of nitrogens with zero attached hydrogens (tertiary/aromatic N) is 3. The van der Waals surface area contributed by atoms with Crippen LogP contribution in [0.1, 0.15) is 25.5 Å². The highest BCUT2D eigenvalue weighted by atomic mass is 16.3. The molecule has 0 saturated heterocycles. The molecule has 3 heterocycles. The van der Waals surface area contributed by atoms with Crippen molar-refractivity contribution in [1.29, 1.82) is 0 Å². The van der Waals surface area contributed by atoms with E-state index in [1.165, 1.54) is 10.8 Å². The van der Waals surface area contributed by atoms with Crippen LogP contribution in [0.15, 0.2) is 77.2 Å². The van der Waals surface area contributed by atoms with Gasteiger partial charge >= 0.3 is 0 Å². The van der Waals surface area contributed by atoms with Crippen LogP contribution in [0.25, 0.3) is 49.8 Å². The third-order valence-corrected chi connectivity index (χ3v) is 5.58. The highest BCUT2D eigenvalue weighted by Crippen LogP contribution is 2.35. The molecular weight excluding hydrogens is 358 g/mol. The topological polar surface area (TPSA) is 43.9 Å². The number of benzene rings is 3. The fourth-order valence-corrected chi connectivity index (χ4v) is 4.29. The Hall–Kier alpha value is -3.66. The molecule has 0 spiro atoms. The smallest absolute Gasteiger partial charge is 0.238 e. The number of hydrogen-bond donors (Lipinski definition) is 0. The zero-order valence-corrected chi connectivity index (χ0v) is 16.3. The standard InChI is InChI=1S/C25H19N3O/c1-15(2)23-22-18-11-5-8-14-21(18)29-24(22)27-25(26-23)28-19-12-6-3-9-16(19)17-10-4-7-13-20(17)28/h3-15H,1-2H3. The first-order chi connectivity index (χ1) is 14.2. The lowest BCUT2D eigenvalue weighted by molar-refractivity contribution is 0.648. The Morgan fingerprint density at radius 2 is 1.31 bits per heavy atom. The average Bonchev–Trinajstić information content (AvgIpc) is 3.28. The molecule has 0 unspecified atom stereocenters. The molecule has 0 aliphatic carbocycles. The maximum Gasteiger partial charge on any atom is 0.238 e. The zero-order valence-electron chi connectivity index (χ0n) is 16.3. The summed E-state index contributed by atoms with van der Waals surface area (Å²) in [6.07, 6.45) is 0. The normalized spacial score (nSPS) is 12.1. The second-order valence-electron chi connectivity index (χ2n) is 7.71. The lowest BCUT2D eigenvalue weighted by Gasteiger charge is -2.11. The van der Waals surface area contributed by atoms with E-state index in [2.05, 4.69) is 73.0 Å². The number of aromatic nitrogens is 3. The first-order valence-corrected chi connectivity index (χ1v) is 9.90. The van der Waals surface area contributed by atoms with Crippen LogP contribution in [0.4, 0.5) is 0 Å². The lowest BCUT2D eigenvalue weighted by atomic mass is 10.0. The molecule has 6 rings (SSSR count). The van der Waals surface area contributed by atoms with Gasteiger partial charge in [-0.1, -0.05) is 68.4 Å². The van der Waals surface area contributed by atoms with E-state index in [1.54, 1.807) is 0 Å². The van der Waals surface area contributed by atoms with Crippen molar-refractivity contribution in [2.24, 2.45) is 0 Å². The minimum Gasteiger partial charge on any atom is -0.438 e. The molecule has 0 amide bonds. The lowest BCUT2D eigenvalue weighted by Crippen LogP contribution is -2.05. The summed E-state index contributed by atoms with van der Waals surface area (Å²) in [6, 6.07) is 24.9. The van der Waals surface area contributed by atoms with E-state index < -0.39 is 0 Å². The van der Waals surface area contributed by atoms with Gasteiger partial charge in [0, 0.05) is 16.2 Å². The van der Waals surface area contributed by atoms with E-state index in [1.807, 2.05) is 18.2 Å². The van der Waals surface area contributed by atoms with Gasteiger partial charge in [0.2, 0.25) is 11.7 Å². The highest BCUT2D eigenvalue weighted by Gasteiger charge is 2.20. The fraction of sp³-hybridized carbons (Fsp3) is 0.120. The summed E-state index contributed by atoms with van der Waals surface area (Å²) in [5.74, 6) is 0.894. The predicted molar refractivity (Wildman–Crippen MR) is 118 cm³/mol. The SMILES string of the molecule is CC(C)c1nc(-n2c3ccccc3c3ccccc32)nc2oc3ccccc3c12. The maximum absolute atomic E-state index is 6.14. The van der Waals surface area contributed by atoms with Crippen molar-refractivity contribution in [1.82, 2.24) is 14.5 Å². The Morgan fingerprint density at radius 1 is 0.724 bits per heavy atom. The van der Waals surface area contributed by atoms with Gasteiger partial charge in [0.15, 0.2) is 0 Å². The Labute approximate surface area is 167 Å². The molecule has 0 radical (unpaired) electrons. The van der Waals surface area contributed by atoms with Crippen LogP contribution in [-0.2, 0) is 0 Å². The molecule has 0 atom stereocenters. The summed E-state index contributed by atoms with van der Waals surface area (Å²) in [4.78, 5) is 9.94. The molecule has 0 saturated carbocycles. The zero-order chi connectivity index (χ0) is 19.5. The van der Waals surface area contributed by atoms with Crippen LogP contribution in [-0.4, -0.2) is 14.5 Å². The van der Waals surface area contributed by atoms with Crippen molar-refractivity contribution in [3.63, 3.8) is 0 Å². The van der Waals surface area contributed by atoms with Gasteiger partial charge in [-0.3, -0.25) is 4.57 Å². The molecule has 3 aromatic heterocycles. The third-order valence-electron chi connectivity index (χ3n) is 5.58. The number of furan rings is 1. The van der Waals surface area contributed by atoms with Crippen LogP contribution < -0.4 is 0 Å². The molecule has 0 N–H and O–H groups in total. The summed E-state index contributed by atoms with van der Waals surface area (Å²) in [5.41, 5.74) is 4.69. The van der Waals surface area contributed by atoms with Crippen molar-refractivity contribution >= 4 is 43.9 Å². The van der Waals surface area contributed by atoms with Crippen molar-refractivity contribution in [2.75, 3.05) is 0 Å². The molecule has 3 aromatic carbocycles. The highest BCUT2D eigenvalue weighted by molar-refractivity contribution is 6.09. The minimum absolute atomic E-state index is 0.244. The van der Waals surface area contributed by atoms with Crippen molar-refractivity contribution in [2.45, 2.75) is 19.8 Å². The average molecular weight is 377 g/mol. The molecule has 0 bridgehead atoms. The van der Waals surface area contributed by atoms with Gasteiger partial charge in [-0.15, -0.1) is 0 Å². The van der Waals surface area contributed by atoms with Gasteiger partial charge in [0.25, 0.3) is 0 Å². The van der Waals surface area contributed by atoms with Crippen molar-refractivity contribution < 1.29 is 4.42 Å². The summed E-state index contributed by atoms with van der Waals surface area (Å²) >= 11 is 0. The predicted octanol–water partition coefficient (Wildman–Crippen LogP) is 6.60. The first-order valence-electron chi connectivity index (χ1n) is 9.90. The van der Waals surface area contributed by atoms with E-state index in [-0.39, 0.29) is 5.92 Å². The van der Waals surface area contributed by atoms with Crippen molar-refractivity contribution in [3.05, 3.63) is 78.5 Å². The maximum atomic E-state index is 6.14. The quantitative estimate of drug-likeness (QED) is 0.342. The van der Waals surface area contributed by atoms with E-state index in [4.69, 9.17) is 14.4 Å². The van der Waals surface area contributed by atoms with Gasteiger partial charge in [-0.2, -0.15) is 4.98 Å². The van der Waals surface area contributed by atoms with E-state index in [9.17, 15) is 0 Å². The van der Waals surface area contributed by atoms with E-state index >= 15 is 0 Å². The monoisotopic (exact) mass is 377 g/mol. The number of rotatable bonds is 2. The second kappa shape index (κ2) is 5.92. The summed E-state index contributed by atoms with van der Waals surface area (Å²) in [5, 5.41) is 4.48. The molecule has 4 heteroatoms. The molecule has 0 fully saturated rings. The Bertz CT molecular complexity index is 1490. The second-order valence-corrected chi connectivity index (χ2v) is 7.71. The third kappa shape index (κ3) is 2.26. The summed E-state index contributed by atoms with van der Waals surface area (Å²) < 4.78 is 8.28. The number of hydrogen-bond acceptors (Lipinski definition) is 3. The van der Waals surface area contributed by atoms with Gasteiger partial charge in [-0.05, 0) is 24.1 Å². The van der Waals surface area contributed by atoms with Crippen LogP contribution in [0.5, 0.6) is 0 Å². The summed E-state index contributed by atoms with van der Waals surface area (Å²) in [7, 11) is 0. The van der Waals surface area contributed by atoms with Crippen molar-refractivity contribution in [3.8, 4) is 5.95 Å². The minimum atomic E-state index is 0.244. The van der Waals surface area contributed by atoms with Crippen LogP contribution in [0.2, 0.25) is 0 Å². The van der Waals surface area contributed by atoms with Gasteiger partial charge in [0.05, 0.1) is 22.1 Å². The van der Waals surface area contributed by atoms with E-state index in [0.29, 0.717) is 11.7 Å². The largest absolute Gasteiger partial charge is 0.438 e. The fourth-order valence-electron chi connectivity index (χ4n) is 4.29. The van der Waals surface area contributed by atoms with Crippen LogP contribution >= 0.6 is 0 Å². The van der Waals surface area contributed by atoms with Crippen LogP contribution in [0.3, 0.4) is 0 Å².